The monoisotopic (exact) mass is 357 g/mol. The minimum atomic E-state index is -3.77. The van der Waals surface area contributed by atoms with E-state index in [4.69, 9.17) is 4.42 Å². The number of para-hydroxylation sites is 1. The van der Waals surface area contributed by atoms with Gasteiger partial charge in [-0.15, -0.1) is 0 Å². The molecule has 0 saturated carbocycles. The molecule has 2 aromatic carbocycles. The molecule has 2 heterocycles. The molecule has 25 heavy (non-hydrogen) atoms. The van der Waals surface area contributed by atoms with Crippen molar-refractivity contribution in [3.63, 3.8) is 0 Å². The summed E-state index contributed by atoms with van der Waals surface area (Å²) < 4.78 is 33.6. The van der Waals surface area contributed by atoms with Crippen LogP contribution in [-0.4, -0.2) is 18.4 Å². The van der Waals surface area contributed by atoms with E-state index in [1.165, 1.54) is 12.1 Å². The van der Waals surface area contributed by atoms with Crippen LogP contribution in [0.15, 0.2) is 62.6 Å². The second-order valence-electron chi connectivity index (χ2n) is 5.82. The summed E-state index contributed by atoms with van der Waals surface area (Å²) in [6.07, 6.45) is 0. The van der Waals surface area contributed by atoms with Crippen molar-refractivity contribution >= 4 is 32.0 Å². The Morgan fingerprint density at radius 1 is 1.04 bits per heavy atom. The Kier molecular flexibility index (Phi) is 3.52. The molecule has 7 nitrogen and oxygen atoms in total. The summed E-state index contributed by atoms with van der Waals surface area (Å²) in [4.78, 5) is 16.5. The van der Waals surface area contributed by atoms with Crippen molar-refractivity contribution in [2.24, 2.45) is 0 Å². The number of rotatable bonds is 4. The highest BCUT2D eigenvalue weighted by Gasteiger charge is 2.21. The number of aromatic amines is 2. The molecule has 3 N–H and O–H groups in total. The largest absolute Gasteiger partial charge is 0.459 e. The van der Waals surface area contributed by atoms with Crippen LogP contribution in [0.1, 0.15) is 18.7 Å². The molecule has 1 atom stereocenters. The number of nitrogens with one attached hydrogen (secondary N) is 3. The third-order valence-corrected chi connectivity index (χ3v) is 5.54. The van der Waals surface area contributed by atoms with Crippen LogP contribution in [0.3, 0.4) is 0 Å². The first-order valence-corrected chi connectivity index (χ1v) is 9.13. The Hall–Kier alpha value is -2.84. The van der Waals surface area contributed by atoms with Gasteiger partial charge < -0.3 is 14.4 Å². The molecular weight excluding hydrogens is 342 g/mol. The quantitative estimate of drug-likeness (QED) is 0.522. The average Bonchev–Trinajstić information content (AvgIpc) is 3.15. The number of fused-ring (bicyclic) bond motifs is 2. The average molecular weight is 357 g/mol. The van der Waals surface area contributed by atoms with Crippen LogP contribution in [0.25, 0.3) is 22.0 Å². The lowest BCUT2D eigenvalue weighted by Gasteiger charge is -2.12. The van der Waals surface area contributed by atoms with Crippen molar-refractivity contribution in [2.75, 3.05) is 0 Å². The predicted octanol–water partition coefficient (Wildman–Crippen LogP) is 2.64. The topological polar surface area (TPSA) is 108 Å². The molecule has 4 aromatic rings. The normalized spacial score (nSPS) is 13.5. The molecule has 0 fully saturated rings. The number of hydrogen-bond donors (Lipinski definition) is 3. The molecule has 128 valence electrons. The lowest BCUT2D eigenvalue weighted by molar-refractivity contribution is 0.484. The number of sulfonamides is 1. The van der Waals surface area contributed by atoms with E-state index >= 15 is 0 Å². The zero-order valence-corrected chi connectivity index (χ0v) is 14.1. The van der Waals surface area contributed by atoms with E-state index in [9.17, 15) is 13.2 Å². The van der Waals surface area contributed by atoms with Gasteiger partial charge in [0, 0.05) is 5.39 Å². The third kappa shape index (κ3) is 2.86. The maximum atomic E-state index is 12.6. The fraction of sp³-hybridized carbons (Fsp3) is 0.118. The number of aromatic nitrogens is 2. The summed E-state index contributed by atoms with van der Waals surface area (Å²) in [5, 5.41) is 0.912. The van der Waals surface area contributed by atoms with Crippen LogP contribution in [0, 0.1) is 0 Å². The van der Waals surface area contributed by atoms with Crippen LogP contribution in [-0.2, 0) is 10.0 Å². The summed E-state index contributed by atoms with van der Waals surface area (Å²) in [7, 11) is -3.77. The van der Waals surface area contributed by atoms with E-state index in [0.717, 1.165) is 5.39 Å². The molecule has 4 rings (SSSR count). The molecule has 0 radical (unpaired) electrons. The van der Waals surface area contributed by atoms with Gasteiger partial charge in [0.05, 0.1) is 22.0 Å². The molecule has 0 aliphatic heterocycles. The van der Waals surface area contributed by atoms with Crippen molar-refractivity contribution in [3.8, 4) is 0 Å². The van der Waals surface area contributed by atoms with Gasteiger partial charge in [0.2, 0.25) is 10.0 Å². The highest BCUT2D eigenvalue weighted by atomic mass is 32.2. The van der Waals surface area contributed by atoms with Crippen LogP contribution in [0.2, 0.25) is 0 Å². The summed E-state index contributed by atoms with van der Waals surface area (Å²) in [5.41, 5.74) is 1.31. The van der Waals surface area contributed by atoms with E-state index < -0.39 is 16.1 Å². The van der Waals surface area contributed by atoms with E-state index in [1.807, 2.05) is 30.3 Å². The highest BCUT2D eigenvalue weighted by Crippen LogP contribution is 2.25. The van der Waals surface area contributed by atoms with Crippen molar-refractivity contribution in [2.45, 2.75) is 17.9 Å². The van der Waals surface area contributed by atoms with Gasteiger partial charge >= 0.3 is 5.69 Å². The van der Waals surface area contributed by atoms with E-state index in [-0.39, 0.29) is 10.6 Å². The van der Waals surface area contributed by atoms with E-state index in [0.29, 0.717) is 22.4 Å². The molecule has 8 heteroatoms. The Morgan fingerprint density at radius 3 is 2.60 bits per heavy atom. The van der Waals surface area contributed by atoms with Gasteiger partial charge in [0.25, 0.3) is 0 Å². The molecule has 0 aliphatic rings. The first-order valence-electron chi connectivity index (χ1n) is 7.65. The van der Waals surface area contributed by atoms with Gasteiger partial charge in [-0.1, -0.05) is 18.2 Å². The zero-order valence-electron chi connectivity index (χ0n) is 13.2. The van der Waals surface area contributed by atoms with Crippen LogP contribution in [0.5, 0.6) is 0 Å². The minimum absolute atomic E-state index is 0.0678. The summed E-state index contributed by atoms with van der Waals surface area (Å²) in [6, 6.07) is 13.2. The fourth-order valence-corrected chi connectivity index (χ4v) is 3.99. The Morgan fingerprint density at radius 2 is 1.80 bits per heavy atom. The number of benzene rings is 2. The van der Waals surface area contributed by atoms with Gasteiger partial charge in [0.1, 0.15) is 11.3 Å². The van der Waals surface area contributed by atoms with Crippen LogP contribution >= 0.6 is 0 Å². The lowest BCUT2D eigenvalue weighted by atomic mass is 10.2. The zero-order chi connectivity index (χ0) is 17.6. The van der Waals surface area contributed by atoms with Gasteiger partial charge in [-0.05, 0) is 37.3 Å². The maximum Gasteiger partial charge on any atom is 0.323 e. The highest BCUT2D eigenvalue weighted by molar-refractivity contribution is 7.89. The Labute approximate surface area is 142 Å². The molecule has 0 bridgehead atoms. The van der Waals surface area contributed by atoms with Gasteiger partial charge in [-0.3, -0.25) is 0 Å². The Bertz CT molecular complexity index is 1200. The molecular formula is C17H15N3O4S. The Balaban J connectivity index is 1.65. The number of H-pyrrole nitrogens is 2. The number of hydrogen-bond acceptors (Lipinski definition) is 4. The lowest BCUT2D eigenvalue weighted by Crippen LogP contribution is -2.26. The summed E-state index contributed by atoms with van der Waals surface area (Å²) in [5.74, 6) is 0.529. The molecule has 0 aliphatic carbocycles. The number of imidazole rings is 1. The standard InChI is InChI=1S/C17H15N3O4S/c1-10(16-8-11-4-2-3-5-15(11)24-16)20-25(22,23)12-6-7-13-14(9-12)19-17(21)18-13/h2-10,20H,1H3,(H2,18,19,21)/t10-/m0/s1. The molecule has 2 aromatic heterocycles. The molecule has 0 amide bonds. The second kappa shape index (κ2) is 5.61. The van der Waals surface area contributed by atoms with E-state index in [1.54, 1.807) is 13.0 Å². The van der Waals surface area contributed by atoms with Gasteiger partial charge in [0.15, 0.2) is 0 Å². The van der Waals surface area contributed by atoms with Crippen molar-refractivity contribution in [1.82, 2.24) is 14.7 Å². The SMILES string of the molecule is C[C@H](NS(=O)(=O)c1ccc2[nH]c(=O)[nH]c2c1)c1cc2ccccc2o1. The van der Waals surface area contributed by atoms with Gasteiger partial charge in [-0.25, -0.2) is 17.9 Å². The van der Waals surface area contributed by atoms with E-state index in [2.05, 4.69) is 14.7 Å². The summed E-state index contributed by atoms with van der Waals surface area (Å²) >= 11 is 0. The smallest absolute Gasteiger partial charge is 0.323 e. The fourth-order valence-electron chi connectivity index (χ4n) is 2.75. The second-order valence-corrected chi connectivity index (χ2v) is 7.53. The minimum Gasteiger partial charge on any atom is -0.459 e. The van der Waals surface area contributed by atoms with Crippen LogP contribution in [0.4, 0.5) is 0 Å². The first kappa shape index (κ1) is 15.7. The van der Waals surface area contributed by atoms with Crippen molar-refractivity contribution in [1.29, 1.82) is 0 Å². The van der Waals surface area contributed by atoms with Crippen molar-refractivity contribution in [3.05, 3.63) is 64.8 Å². The van der Waals surface area contributed by atoms with Crippen molar-refractivity contribution < 1.29 is 12.8 Å². The third-order valence-electron chi connectivity index (χ3n) is 4.00. The van der Waals surface area contributed by atoms with Crippen LogP contribution < -0.4 is 10.4 Å². The predicted molar refractivity (Wildman–Crippen MR) is 93.9 cm³/mol. The summed E-state index contributed by atoms with van der Waals surface area (Å²) in [6.45, 7) is 1.71. The van der Waals surface area contributed by atoms with Gasteiger partial charge in [-0.2, -0.15) is 0 Å². The maximum absolute atomic E-state index is 12.6. The number of furan rings is 1. The first-order chi connectivity index (χ1) is 11.9. The molecule has 0 unspecified atom stereocenters. The molecule has 0 spiro atoms. The molecule has 0 saturated heterocycles.